The molecule has 2 nitrogen and oxygen atoms in total. The predicted molar refractivity (Wildman–Crippen MR) is 60.5 cm³/mol. The molecule has 14 heavy (non-hydrogen) atoms. The van der Waals surface area contributed by atoms with Gasteiger partial charge < -0.3 is 10.1 Å². The third-order valence-electron chi connectivity index (χ3n) is 3.59. The second-order valence-corrected chi connectivity index (χ2v) is 5.66. The van der Waals surface area contributed by atoms with Crippen LogP contribution in [0.3, 0.4) is 0 Å². The molecule has 0 aliphatic heterocycles. The van der Waals surface area contributed by atoms with Gasteiger partial charge in [-0.05, 0) is 40.7 Å². The molecule has 0 radical (unpaired) electrons. The summed E-state index contributed by atoms with van der Waals surface area (Å²) >= 11 is 0. The first-order valence-electron chi connectivity index (χ1n) is 5.68. The van der Waals surface area contributed by atoms with Gasteiger partial charge in [0.2, 0.25) is 0 Å². The minimum absolute atomic E-state index is 0.0141. The van der Waals surface area contributed by atoms with Crippen LogP contribution in [0.4, 0.5) is 0 Å². The van der Waals surface area contributed by atoms with Crippen LogP contribution in [0.2, 0.25) is 0 Å². The van der Waals surface area contributed by atoms with Crippen molar-refractivity contribution in [3.63, 3.8) is 0 Å². The fourth-order valence-electron chi connectivity index (χ4n) is 2.35. The lowest BCUT2D eigenvalue weighted by atomic mass is 9.61. The summed E-state index contributed by atoms with van der Waals surface area (Å²) in [5.74, 6) is 0. The van der Waals surface area contributed by atoms with E-state index in [9.17, 15) is 0 Å². The van der Waals surface area contributed by atoms with Crippen LogP contribution in [0.5, 0.6) is 0 Å². The molecule has 1 aliphatic carbocycles. The number of hydrogen-bond acceptors (Lipinski definition) is 2. The van der Waals surface area contributed by atoms with E-state index in [1.807, 2.05) is 7.05 Å². The Balaban J connectivity index is 2.58. The van der Waals surface area contributed by atoms with Crippen molar-refractivity contribution >= 4 is 0 Å². The van der Waals surface area contributed by atoms with Crippen LogP contribution >= 0.6 is 0 Å². The van der Waals surface area contributed by atoms with Crippen molar-refractivity contribution in [2.75, 3.05) is 7.05 Å². The third-order valence-corrected chi connectivity index (χ3v) is 3.59. The second kappa shape index (κ2) is 3.82. The van der Waals surface area contributed by atoms with Crippen molar-refractivity contribution in [3.05, 3.63) is 0 Å². The minimum atomic E-state index is -0.0141. The maximum Gasteiger partial charge on any atom is 0.0665 e. The van der Waals surface area contributed by atoms with E-state index < -0.39 is 0 Å². The highest BCUT2D eigenvalue weighted by Gasteiger charge is 2.51. The normalized spacial score (nSPS) is 38.1. The third kappa shape index (κ3) is 2.12. The molecular weight excluding hydrogens is 174 g/mol. The first kappa shape index (κ1) is 12.0. The van der Waals surface area contributed by atoms with Gasteiger partial charge in [-0.15, -0.1) is 0 Å². The lowest BCUT2D eigenvalue weighted by Crippen LogP contribution is -2.62. The molecule has 0 aromatic rings. The van der Waals surface area contributed by atoms with Crippen LogP contribution in [-0.4, -0.2) is 24.8 Å². The molecular formula is C12H25NO. The standard InChI is InChI=1S/C12H25NO/c1-7-12(5)9(13-6)8-10(12)14-11(2,3)4/h9-10,13H,7-8H2,1-6H3. The molecule has 1 N–H and O–H groups in total. The average molecular weight is 199 g/mol. The van der Waals surface area contributed by atoms with E-state index in [0.717, 1.165) is 6.42 Å². The van der Waals surface area contributed by atoms with Crippen molar-refractivity contribution in [3.8, 4) is 0 Å². The highest BCUT2D eigenvalue weighted by molar-refractivity contribution is 5.04. The molecule has 84 valence electrons. The van der Waals surface area contributed by atoms with Gasteiger partial charge in [-0.3, -0.25) is 0 Å². The molecule has 0 amide bonds. The number of rotatable bonds is 3. The van der Waals surface area contributed by atoms with Crippen molar-refractivity contribution in [2.24, 2.45) is 5.41 Å². The monoisotopic (exact) mass is 199 g/mol. The van der Waals surface area contributed by atoms with E-state index in [1.54, 1.807) is 0 Å². The largest absolute Gasteiger partial charge is 0.372 e. The summed E-state index contributed by atoms with van der Waals surface area (Å²) in [5.41, 5.74) is 0.307. The number of nitrogens with one attached hydrogen (secondary N) is 1. The van der Waals surface area contributed by atoms with Gasteiger partial charge in [-0.1, -0.05) is 13.8 Å². The van der Waals surface area contributed by atoms with Gasteiger partial charge in [-0.25, -0.2) is 0 Å². The fourth-order valence-corrected chi connectivity index (χ4v) is 2.35. The zero-order valence-electron chi connectivity index (χ0n) is 10.5. The number of hydrogen-bond donors (Lipinski definition) is 1. The van der Waals surface area contributed by atoms with Gasteiger partial charge in [0.25, 0.3) is 0 Å². The minimum Gasteiger partial charge on any atom is -0.372 e. The van der Waals surface area contributed by atoms with Crippen molar-refractivity contribution in [2.45, 2.75) is 65.2 Å². The maximum atomic E-state index is 6.07. The van der Waals surface area contributed by atoms with Gasteiger partial charge in [0.05, 0.1) is 11.7 Å². The van der Waals surface area contributed by atoms with E-state index >= 15 is 0 Å². The lowest BCUT2D eigenvalue weighted by Gasteiger charge is -2.55. The Bertz CT molecular complexity index is 197. The van der Waals surface area contributed by atoms with Crippen LogP contribution in [0.1, 0.15) is 47.5 Å². The molecule has 0 spiro atoms. The van der Waals surface area contributed by atoms with Crippen molar-refractivity contribution in [1.82, 2.24) is 5.32 Å². The molecule has 2 heteroatoms. The van der Waals surface area contributed by atoms with E-state index in [0.29, 0.717) is 17.6 Å². The molecule has 1 aliphatic rings. The Morgan fingerprint density at radius 2 is 2.00 bits per heavy atom. The molecule has 3 unspecified atom stereocenters. The van der Waals surface area contributed by atoms with Crippen LogP contribution in [0.25, 0.3) is 0 Å². The molecule has 1 fully saturated rings. The van der Waals surface area contributed by atoms with E-state index in [1.165, 1.54) is 6.42 Å². The van der Waals surface area contributed by atoms with Gasteiger partial charge in [0.1, 0.15) is 0 Å². The predicted octanol–water partition coefficient (Wildman–Crippen LogP) is 2.58. The quantitative estimate of drug-likeness (QED) is 0.754. The lowest BCUT2D eigenvalue weighted by molar-refractivity contribution is -0.179. The van der Waals surface area contributed by atoms with Crippen molar-refractivity contribution < 1.29 is 4.74 Å². The summed E-state index contributed by atoms with van der Waals surface area (Å²) in [6.07, 6.45) is 2.75. The molecule has 1 saturated carbocycles. The highest BCUT2D eigenvalue weighted by Crippen LogP contribution is 2.46. The summed E-state index contributed by atoms with van der Waals surface area (Å²) < 4.78 is 6.07. The van der Waals surface area contributed by atoms with Gasteiger partial charge in [-0.2, -0.15) is 0 Å². The molecule has 0 bridgehead atoms. The summed E-state index contributed by atoms with van der Waals surface area (Å²) in [5, 5.41) is 3.38. The van der Waals surface area contributed by atoms with E-state index in [-0.39, 0.29) is 5.60 Å². The fraction of sp³-hybridized carbons (Fsp3) is 1.00. The van der Waals surface area contributed by atoms with Crippen LogP contribution in [0.15, 0.2) is 0 Å². The Morgan fingerprint density at radius 3 is 2.36 bits per heavy atom. The Labute approximate surface area is 88.4 Å². The number of ether oxygens (including phenoxy) is 1. The Hall–Kier alpha value is -0.0800. The molecule has 0 heterocycles. The Morgan fingerprint density at radius 1 is 1.43 bits per heavy atom. The average Bonchev–Trinajstić information content (AvgIpc) is 2.08. The Kier molecular flexibility index (Phi) is 3.27. The van der Waals surface area contributed by atoms with Crippen molar-refractivity contribution in [1.29, 1.82) is 0 Å². The zero-order chi connectivity index (χ0) is 11.0. The summed E-state index contributed by atoms with van der Waals surface area (Å²) in [4.78, 5) is 0. The SMILES string of the molecule is CCC1(C)C(NC)CC1OC(C)(C)C. The van der Waals surface area contributed by atoms with Gasteiger partial charge >= 0.3 is 0 Å². The van der Waals surface area contributed by atoms with Gasteiger partial charge in [0, 0.05) is 11.5 Å². The zero-order valence-corrected chi connectivity index (χ0v) is 10.5. The van der Waals surface area contributed by atoms with Gasteiger partial charge in [0.15, 0.2) is 0 Å². The molecule has 3 atom stereocenters. The van der Waals surface area contributed by atoms with E-state index in [4.69, 9.17) is 4.74 Å². The maximum absolute atomic E-state index is 6.07. The van der Waals surface area contributed by atoms with Crippen LogP contribution in [0, 0.1) is 5.41 Å². The highest BCUT2D eigenvalue weighted by atomic mass is 16.5. The summed E-state index contributed by atoms with van der Waals surface area (Å²) in [7, 11) is 2.05. The molecule has 0 aromatic carbocycles. The smallest absolute Gasteiger partial charge is 0.0665 e. The summed E-state index contributed by atoms with van der Waals surface area (Å²) in [6, 6.07) is 0.625. The molecule has 1 rings (SSSR count). The van der Waals surface area contributed by atoms with E-state index in [2.05, 4.69) is 39.9 Å². The van der Waals surface area contributed by atoms with Crippen LogP contribution < -0.4 is 5.32 Å². The first-order valence-corrected chi connectivity index (χ1v) is 5.68. The second-order valence-electron chi connectivity index (χ2n) is 5.66. The summed E-state index contributed by atoms with van der Waals surface area (Å²) in [6.45, 7) is 11.0. The topological polar surface area (TPSA) is 21.3 Å². The van der Waals surface area contributed by atoms with Crippen LogP contribution in [-0.2, 0) is 4.74 Å². The molecule has 0 aromatic heterocycles. The first-order chi connectivity index (χ1) is 6.33. The molecule has 0 saturated heterocycles.